The largest absolute Gasteiger partial charge is 0.508 e. The Hall–Kier alpha value is -2.07. The summed E-state index contributed by atoms with van der Waals surface area (Å²) < 4.78 is 0. The van der Waals surface area contributed by atoms with Crippen LogP contribution in [0, 0.1) is 13.8 Å². The molecule has 0 radical (unpaired) electrons. The number of amides is 1. The number of benzene rings is 1. The second kappa shape index (κ2) is 5.28. The van der Waals surface area contributed by atoms with Gasteiger partial charge in [-0.25, -0.2) is 4.98 Å². The molecule has 0 unspecified atom stereocenters. The summed E-state index contributed by atoms with van der Waals surface area (Å²) in [6.45, 7) is 3.60. The number of carbonyl (C=O) groups excluding carboxylic acids is 1. The summed E-state index contributed by atoms with van der Waals surface area (Å²) in [5.41, 5.74) is 2.53. The zero-order chi connectivity index (χ0) is 14.0. The molecule has 2 aromatic rings. The monoisotopic (exact) mass is 276 g/mol. The zero-order valence-electron chi connectivity index (χ0n) is 10.6. The van der Waals surface area contributed by atoms with E-state index in [-0.39, 0.29) is 11.7 Å². The highest BCUT2D eigenvalue weighted by molar-refractivity contribution is 6.29. The first kappa shape index (κ1) is 13.4. The summed E-state index contributed by atoms with van der Waals surface area (Å²) in [6.07, 6.45) is 1.50. The van der Waals surface area contributed by atoms with E-state index in [1.807, 2.05) is 6.92 Å². The van der Waals surface area contributed by atoms with E-state index in [1.165, 1.54) is 12.3 Å². The van der Waals surface area contributed by atoms with Crippen LogP contribution < -0.4 is 5.32 Å². The molecule has 0 aliphatic rings. The van der Waals surface area contributed by atoms with E-state index in [0.29, 0.717) is 16.4 Å². The second-order valence-corrected chi connectivity index (χ2v) is 4.66. The van der Waals surface area contributed by atoms with Gasteiger partial charge in [0.05, 0.1) is 11.9 Å². The van der Waals surface area contributed by atoms with Crippen molar-refractivity contribution in [3.63, 3.8) is 0 Å². The molecule has 2 rings (SSSR count). The fraction of sp³-hybridized carbons (Fsp3) is 0.143. The van der Waals surface area contributed by atoms with Crippen LogP contribution >= 0.6 is 11.6 Å². The fourth-order valence-corrected chi connectivity index (χ4v) is 1.81. The number of nitrogens with one attached hydrogen (secondary N) is 1. The third kappa shape index (κ3) is 3.03. The van der Waals surface area contributed by atoms with E-state index in [1.54, 1.807) is 25.1 Å². The van der Waals surface area contributed by atoms with Crippen molar-refractivity contribution < 1.29 is 9.90 Å². The van der Waals surface area contributed by atoms with Crippen LogP contribution in [0.2, 0.25) is 5.15 Å². The maximum atomic E-state index is 12.0. The lowest BCUT2D eigenvalue weighted by Gasteiger charge is -2.09. The second-order valence-electron chi connectivity index (χ2n) is 4.28. The molecule has 19 heavy (non-hydrogen) atoms. The van der Waals surface area contributed by atoms with Gasteiger partial charge in [0, 0.05) is 5.56 Å². The Balaban J connectivity index is 2.23. The van der Waals surface area contributed by atoms with Crippen molar-refractivity contribution in [1.29, 1.82) is 0 Å². The van der Waals surface area contributed by atoms with Gasteiger partial charge in [0.2, 0.25) is 0 Å². The maximum absolute atomic E-state index is 12.0. The van der Waals surface area contributed by atoms with Gasteiger partial charge in [-0.3, -0.25) is 4.79 Å². The topological polar surface area (TPSA) is 62.2 Å². The van der Waals surface area contributed by atoms with Crippen LogP contribution in [0.3, 0.4) is 0 Å². The van der Waals surface area contributed by atoms with E-state index in [0.717, 1.165) is 11.1 Å². The minimum atomic E-state index is -0.303. The molecule has 5 heteroatoms. The standard InChI is InChI=1S/C14H13ClN2O2/c1-8-3-4-10(6-12(8)18)14(19)17-11-7-16-13(15)5-9(11)2/h3-7,18H,1-2H3,(H,17,19). The van der Waals surface area contributed by atoms with Crippen molar-refractivity contribution in [3.8, 4) is 5.75 Å². The Morgan fingerprint density at radius 3 is 2.63 bits per heavy atom. The lowest BCUT2D eigenvalue weighted by molar-refractivity contribution is 0.102. The number of rotatable bonds is 2. The molecule has 0 fully saturated rings. The van der Waals surface area contributed by atoms with Gasteiger partial charge >= 0.3 is 0 Å². The molecular formula is C14H13ClN2O2. The number of hydrogen-bond donors (Lipinski definition) is 2. The summed E-state index contributed by atoms with van der Waals surface area (Å²) in [6, 6.07) is 6.45. The van der Waals surface area contributed by atoms with Gasteiger partial charge in [-0.1, -0.05) is 17.7 Å². The average molecular weight is 277 g/mol. The molecule has 0 atom stereocenters. The smallest absolute Gasteiger partial charge is 0.255 e. The van der Waals surface area contributed by atoms with Gasteiger partial charge in [0.25, 0.3) is 5.91 Å². The molecule has 0 aliphatic heterocycles. The van der Waals surface area contributed by atoms with Crippen molar-refractivity contribution >= 4 is 23.2 Å². The Bertz CT molecular complexity index is 641. The normalized spacial score (nSPS) is 10.3. The van der Waals surface area contributed by atoms with Crippen molar-refractivity contribution in [1.82, 2.24) is 4.98 Å². The van der Waals surface area contributed by atoms with E-state index in [2.05, 4.69) is 10.3 Å². The quantitative estimate of drug-likeness (QED) is 0.827. The van der Waals surface area contributed by atoms with E-state index < -0.39 is 0 Å². The lowest BCUT2D eigenvalue weighted by atomic mass is 10.1. The SMILES string of the molecule is Cc1ccc(C(=O)Nc2cnc(Cl)cc2C)cc1O. The summed E-state index contributed by atoms with van der Waals surface area (Å²) in [5, 5.41) is 12.7. The maximum Gasteiger partial charge on any atom is 0.255 e. The minimum Gasteiger partial charge on any atom is -0.508 e. The first-order valence-corrected chi connectivity index (χ1v) is 6.08. The molecule has 0 spiro atoms. The minimum absolute atomic E-state index is 0.0959. The fourth-order valence-electron chi connectivity index (χ4n) is 1.60. The summed E-state index contributed by atoms with van der Waals surface area (Å²) in [5.74, 6) is -0.207. The van der Waals surface area contributed by atoms with Crippen LogP contribution in [0.5, 0.6) is 5.75 Å². The van der Waals surface area contributed by atoms with Crippen LogP contribution in [0.25, 0.3) is 0 Å². The molecule has 2 N–H and O–H groups in total. The van der Waals surface area contributed by atoms with Crippen molar-refractivity contribution in [2.75, 3.05) is 5.32 Å². The first-order chi connectivity index (χ1) is 8.97. The number of carbonyl (C=O) groups is 1. The third-order valence-corrected chi connectivity index (χ3v) is 3.00. The van der Waals surface area contributed by atoms with E-state index in [9.17, 15) is 9.90 Å². The van der Waals surface area contributed by atoms with Crippen molar-refractivity contribution in [2.45, 2.75) is 13.8 Å². The Labute approximate surface area is 116 Å². The molecule has 4 nitrogen and oxygen atoms in total. The number of pyridine rings is 1. The summed E-state index contributed by atoms with van der Waals surface area (Å²) in [4.78, 5) is 16.0. The van der Waals surface area contributed by atoms with Gasteiger partial charge in [0.1, 0.15) is 10.9 Å². The zero-order valence-corrected chi connectivity index (χ0v) is 11.3. The van der Waals surface area contributed by atoms with Gasteiger partial charge in [0.15, 0.2) is 0 Å². The predicted molar refractivity (Wildman–Crippen MR) is 74.8 cm³/mol. The molecule has 0 saturated heterocycles. The van der Waals surface area contributed by atoms with Crippen LogP contribution in [-0.4, -0.2) is 16.0 Å². The number of halogens is 1. The number of aromatic hydroxyl groups is 1. The number of aryl methyl sites for hydroxylation is 2. The lowest BCUT2D eigenvalue weighted by Crippen LogP contribution is -2.13. The molecular weight excluding hydrogens is 264 g/mol. The highest BCUT2D eigenvalue weighted by atomic mass is 35.5. The molecule has 0 bridgehead atoms. The number of nitrogens with zero attached hydrogens (tertiary/aromatic N) is 1. The molecule has 1 aromatic heterocycles. The van der Waals surface area contributed by atoms with E-state index >= 15 is 0 Å². The van der Waals surface area contributed by atoms with Crippen LogP contribution in [0.1, 0.15) is 21.5 Å². The number of phenols is 1. The van der Waals surface area contributed by atoms with Crippen molar-refractivity contribution in [2.24, 2.45) is 0 Å². The van der Waals surface area contributed by atoms with Crippen molar-refractivity contribution in [3.05, 3.63) is 52.3 Å². The van der Waals surface area contributed by atoms with E-state index in [4.69, 9.17) is 11.6 Å². The molecule has 0 aliphatic carbocycles. The molecule has 98 valence electrons. The summed E-state index contributed by atoms with van der Waals surface area (Å²) >= 11 is 5.75. The number of phenolic OH excluding ortho intramolecular Hbond substituents is 1. The number of anilines is 1. The number of hydrogen-bond acceptors (Lipinski definition) is 3. The molecule has 1 amide bonds. The highest BCUT2D eigenvalue weighted by Gasteiger charge is 2.10. The first-order valence-electron chi connectivity index (χ1n) is 5.70. The Morgan fingerprint density at radius 2 is 2.00 bits per heavy atom. The Morgan fingerprint density at radius 1 is 1.26 bits per heavy atom. The predicted octanol–water partition coefficient (Wildman–Crippen LogP) is 3.31. The number of aromatic nitrogens is 1. The summed E-state index contributed by atoms with van der Waals surface area (Å²) in [7, 11) is 0. The van der Waals surface area contributed by atoms with Crippen LogP contribution in [-0.2, 0) is 0 Å². The van der Waals surface area contributed by atoms with Crippen LogP contribution in [0.15, 0.2) is 30.5 Å². The molecule has 1 heterocycles. The third-order valence-electron chi connectivity index (χ3n) is 2.80. The van der Waals surface area contributed by atoms with Gasteiger partial charge in [-0.15, -0.1) is 0 Å². The highest BCUT2D eigenvalue weighted by Crippen LogP contribution is 2.20. The molecule has 0 saturated carbocycles. The van der Waals surface area contributed by atoms with Gasteiger partial charge in [-0.2, -0.15) is 0 Å². The average Bonchev–Trinajstić information content (AvgIpc) is 2.36. The van der Waals surface area contributed by atoms with Gasteiger partial charge in [-0.05, 0) is 43.2 Å². The Kier molecular flexibility index (Phi) is 3.71. The molecule has 1 aromatic carbocycles. The van der Waals surface area contributed by atoms with Crippen LogP contribution in [0.4, 0.5) is 5.69 Å². The van der Waals surface area contributed by atoms with Gasteiger partial charge < -0.3 is 10.4 Å².